The Morgan fingerprint density at radius 1 is 1.58 bits per heavy atom. The highest BCUT2D eigenvalue weighted by atomic mass is 32.2. The Balaban J connectivity index is 2.36. The Labute approximate surface area is 76.6 Å². The molecule has 0 fully saturated rings. The lowest BCUT2D eigenvalue weighted by molar-refractivity contribution is 0.954. The Bertz CT molecular complexity index is 286. The molecule has 64 valence electrons. The maximum absolute atomic E-state index is 5.54. The molecule has 12 heavy (non-hydrogen) atoms. The van der Waals surface area contributed by atoms with Crippen molar-refractivity contribution in [2.75, 3.05) is 5.75 Å². The predicted molar refractivity (Wildman–Crippen MR) is 52.0 cm³/mol. The van der Waals surface area contributed by atoms with E-state index in [-0.39, 0.29) is 0 Å². The fourth-order valence-electron chi connectivity index (χ4n) is 1.40. The van der Waals surface area contributed by atoms with Crippen LogP contribution in [0.5, 0.6) is 0 Å². The number of nitrogens with zero attached hydrogens (tertiary/aromatic N) is 1. The first kappa shape index (κ1) is 8.08. The van der Waals surface area contributed by atoms with E-state index in [4.69, 9.17) is 5.73 Å². The Hall–Kier alpha value is -0.540. The van der Waals surface area contributed by atoms with E-state index in [0.717, 1.165) is 17.7 Å². The van der Waals surface area contributed by atoms with Crippen LogP contribution in [0.25, 0.3) is 0 Å². The summed E-state index contributed by atoms with van der Waals surface area (Å²) in [5.41, 5.74) is 9.34. The summed E-state index contributed by atoms with van der Waals surface area (Å²) in [4.78, 5) is 4.40. The van der Waals surface area contributed by atoms with Crippen molar-refractivity contribution < 1.29 is 0 Å². The summed E-state index contributed by atoms with van der Waals surface area (Å²) < 4.78 is 0. The van der Waals surface area contributed by atoms with E-state index in [9.17, 15) is 0 Å². The minimum atomic E-state index is 0.602. The first-order valence-corrected chi connectivity index (χ1v) is 5.30. The second kappa shape index (κ2) is 3.46. The van der Waals surface area contributed by atoms with Crippen LogP contribution in [0.2, 0.25) is 0 Å². The van der Waals surface area contributed by atoms with Crippen molar-refractivity contribution in [1.29, 1.82) is 0 Å². The van der Waals surface area contributed by atoms with Crippen LogP contribution < -0.4 is 5.73 Å². The molecule has 0 amide bonds. The van der Waals surface area contributed by atoms with Gasteiger partial charge in [0.2, 0.25) is 0 Å². The smallest absolute Gasteiger partial charge is 0.0452 e. The van der Waals surface area contributed by atoms with E-state index in [0.29, 0.717) is 6.54 Å². The average Bonchev–Trinajstić information content (AvgIpc) is 2.17. The molecule has 3 heteroatoms. The van der Waals surface area contributed by atoms with Gasteiger partial charge in [-0.3, -0.25) is 4.98 Å². The summed E-state index contributed by atoms with van der Waals surface area (Å²) in [6, 6.07) is 2.19. The molecule has 1 aliphatic rings. The Morgan fingerprint density at radius 3 is 3.33 bits per heavy atom. The van der Waals surface area contributed by atoms with Gasteiger partial charge in [-0.2, -0.15) is 11.8 Å². The van der Waals surface area contributed by atoms with Gasteiger partial charge in [-0.1, -0.05) is 6.07 Å². The van der Waals surface area contributed by atoms with Gasteiger partial charge in [-0.25, -0.2) is 0 Å². The monoisotopic (exact) mass is 180 g/mol. The van der Waals surface area contributed by atoms with E-state index >= 15 is 0 Å². The zero-order valence-corrected chi connectivity index (χ0v) is 7.73. The van der Waals surface area contributed by atoms with Crippen molar-refractivity contribution in [3.63, 3.8) is 0 Å². The zero-order valence-electron chi connectivity index (χ0n) is 6.92. The van der Waals surface area contributed by atoms with Crippen LogP contribution in [-0.2, 0) is 18.7 Å². The van der Waals surface area contributed by atoms with Crippen LogP contribution >= 0.6 is 11.8 Å². The lowest BCUT2D eigenvalue weighted by Crippen LogP contribution is -2.07. The minimum absolute atomic E-state index is 0.602. The molecule has 1 aliphatic heterocycles. The number of pyridine rings is 1. The number of nitrogens with two attached hydrogens (primary N) is 1. The zero-order chi connectivity index (χ0) is 8.39. The maximum atomic E-state index is 5.54. The second-order valence-electron chi connectivity index (χ2n) is 2.96. The molecule has 0 aromatic carbocycles. The Kier molecular flexibility index (Phi) is 2.33. The molecule has 0 unspecified atom stereocenters. The number of hydrogen-bond acceptors (Lipinski definition) is 3. The normalized spacial score (nSPS) is 15.8. The topological polar surface area (TPSA) is 38.9 Å². The number of rotatable bonds is 1. The molecule has 0 saturated carbocycles. The minimum Gasteiger partial charge on any atom is -0.326 e. The van der Waals surface area contributed by atoms with Crippen molar-refractivity contribution in [1.82, 2.24) is 4.98 Å². The van der Waals surface area contributed by atoms with E-state index in [1.807, 2.05) is 18.0 Å². The SMILES string of the molecule is NCc1cnc2c(c1)CSCC2. The van der Waals surface area contributed by atoms with Crippen LogP contribution in [0.15, 0.2) is 12.3 Å². The number of aryl methyl sites for hydroxylation is 1. The standard InChI is InChI=1S/C9H12N2S/c10-4-7-3-8-6-12-2-1-9(8)11-5-7/h3,5H,1-2,4,6,10H2. The van der Waals surface area contributed by atoms with Crippen LogP contribution in [0, 0.1) is 0 Å². The third kappa shape index (κ3) is 1.47. The summed E-state index contributed by atoms with van der Waals surface area (Å²) >= 11 is 1.98. The molecule has 0 radical (unpaired) electrons. The Morgan fingerprint density at radius 2 is 2.50 bits per heavy atom. The van der Waals surface area contributed by atoms with Crippen molar-refractivity contribution in [3.8, 4) is 0 Å². The fourth-order valence-corrected chi connectivity index (χ4v) is 2.35. The molecule has 2 rings (SSSR count). The summed E-state index contributed by atoms with van der Waals surface area (Å²) in [7, 11) is 0. The third-order valence-electron chi connectivity index (χ3n) is 2.09. The highest BCUT2D eigenvalue weighted by molar-refractivity contribution is 7.98. The quantitative estimate of drug-likeness (QED) is 0.708. The van der Waals surface area contributed by atoms with Crippen LogP contribution in [0.3, 0.4) is 0 Å². The summed E-state index contributed by atoms with van der Waals surface area (Å²) in [6.07, 6.45) is 3.01. The summed E-state index contributed by atoms with van der Waals surface area (Å²) in [6.45, 7) is 0.602. The average molecular weight is 180 g/mol. The molecule has 0 atom stereocenters. The van der Waals surface area contributed by atoms with Crippen molar-refractivity contribution in [2.24, 2.45) is 5.73 Å². The molecule has 0 bridgehead atoms. The largest absolute Gasteiger partial charge is 0.326 e. The third-order valence-corrected chi connectivity index (χ3v) is 3.10. The molecule has 0 aliphatic carbocycles. The van der Waals surface area contributed by atoms with Crippen LogP contribution in [0.1, 0.15) is 16.8 Å². The summed E-state index contributed by atoms with van der Waals surface area (Å²) in [5, 5.41) is 0. The van der Waals surface area contributed by atoms with E-state index in [2.05, 4.69) is 11.1 Å². The van der Waals surface area contributed by atoms with E-state index in [1.54, 1.807) is 0 Å². The first-order valence-electron chi connectivity index (χ1n) is 4.14. The lowest BCUT2D eigenvalue weighted by atomic mass is 10.1. The molecule has 0 spiro atoms. The first-order chi connectivity index (χ1) is 5.90. The van der Waals surface area contributed by atoms with Crippen LogP contribution in [0.4, 0.5) is 0 Å². The molecule has 1 aromatic heterocycles. The van der Waals surface area contributed by atoms with Crippen LogP contribution in [-0.4, -0.2) is 10.7 Å². The summed E-state index contributed by atoms with van der Waals surface area (Å²) in [5.74, 6) is 2.32. The van der Waals surface area contributed by atoms with Gasteiger partial charge in [0.15, 0.2) is 0 Å². The molecule has 1 aromatic rings. The van der Waals surface area contributed by atoms with E-state index < -0.39 is 0 Å². The number of hydrogen-bond donors (Lipinski definition) is 1. The highest BCUT2D eigenvalue weighted by Crippen LogP contribution is 2.23. The van der Waals surface area contributed by atoms with Gasteiger partial charge in [-0.15, -0.1) is 0 Å². The number of thioether (sulfide) groups is 1. The van der Waals surface area contributed by atoms with Gasteiger partial charge >= 0.3 is 0 Å². The van der Waals surface area contributed by atoms with E-state index in [1.165, 1.54) is 17.0 Å². The van der Waals surface area contributed by atoms with Crippen molar-refractivity contribution in [2.45, 2.75) is 18.7 Å². The highest BCUT2D eigenvalue weighted by Gasteiger charge is 2.10. The maximum Gasteiger partial charge on any atom is 0.0452 e. The molecular formula is C9H12N2S. The molecule has 2 nitrogen and oxygen atoms in total. The predicted octanol–water partition coefficient (Wildman–Crippen LogP) is 1.33. The van der Waals surface area contributed by atoms with Gasteiger partial charge in [0, 0.05) is 24.2 Å². The van der Waals surface area contributed by atoms with Crippen molar-refractivity contribution >= 4 is 11.8 Å². The van der Waals surface area contributed by atoms with Crippen molar-refractivity contribution in [3.05, 3.63) is 29.1 Å². The second-order valence-corrected chi connectivity index (χ2v) is 4.06. The van der Waals surface area contributed by atoms with Gasteiger partial charge < -0.3 is 5.73 Å². The molecule has 2 heterocycles. The molecular weight excluding hydrogens is 168 g/mol. The lowest BCUT2D eigenvalue weighted by Gasteiger charge is -2.14. The van der Waals surface area contributed by atoms with Gasteiger partial charge in [0.25, 0.3) is 0 Å². The molecule has 2 N–H and O–H groups in total. The fraction of sp³-hybridized carbons (Fsp3) is 0.444. The van der Waals surface area contributed by atoms with Gasteiger partial charge in [-0.05, 0) is 23.3 Å². The molecule has 0 saturated heterocycles. The van der Waals surface area contributed by atoms with Gasteiger partial charge in [0.05, 0.1) is 0 Å². The number of aromatic nitrogens is 1. The van der Waals surface area contributed by atoms with Gasteiger partial charge in [0.1, 0.15) is 0 Å². The number of fused-ring (bicyclic) bond motifs is 1.